The first kappa shape index (κ1) is 17.5. The molecule has 3 heterocycles. The quantitative estimate of drug-likeness (QED) is 0.821. The first-order valence-corrected chi connectivity index (χ1v) is 9.42. The summed E-state index contributed by atoms with van der Waals surface area (Å²) in [4.78, 5) is 34.9. The first-order valence-electron chi connectivity index (χ1n) is 9.42. The van der Waals surface area contributed by atoms with Crippen LogP contribution in [0.15, 0.2) is 42.6 Å². The molecular weight excluding hydrogens is 340 g/mol. The Hall–Kier alpha value is -2.89. The van der Waals surface area contributed by atoms with Crippen molar-refractivity contribution in [3.05, 3.63) is 53.7 Å². The van der Waals surface area contributed by atoms with Crippen LogP contribution < -0.4 is 9.80 Å². The Morgan fingerprint density at radius 3 is 2.44 bits per heavy atom. The molecule has 0 spiro atoms. The molecule has 4 rings (SSSR count). The summed E-state index contributed by atoms with van der Waals surface area (Å²) >= 11 is 0. The lowest BCUT2D eigenvalue weighted by Gasteiger charge is -2.35. The third kappa shape index (κ3) is 3.27. The van der Waals surface area contributed by atoms with E-state index >= 15 is 0 Å². The van der Waals surface area contributed by atoms with Gasteiger partial charge in [0.1, 0.15) is 5.82 Å². The molecule has 140 valence electrons. The van der Waals surface area contributed by atoms with Gasteiger partial charge in [-0.2, -0.15) is 0 Å². The van der Waals surface area contributed by atoms with E-state index in [2.05, 4.69) is 22.9 Å². The lowest BCUT2D eigenvalue weighted by molar-refractivity contribution is -0.129. The second kappa shape index (κ2) is 7.02. The minimum absolute atomic E-state index is 0.00658. The molecule has 1 fully saturated rings. The van der Waals surface area contributed by atoms with Gasteiger partial charge >= 0.3 is 0 Å². The lowest BCUT2D eigenvalue weighted by atomic mass is 10.1. The fraction of sp³-hybridized carbons (Fsp3) is 0.381. The molecule has 6 nitrogen and oxygen atoms in total. The van der Waals surface area contributed by atoms with Crippen LogP contribution in [0, 0.1) is 0 Å². The van der Waals surface area contributed by atoms with Gasteiger partial charge in [0.15, 0.2) is 0 Å². The summed E-state index contributed by atoms with van der Waals surface area (Å²) in [7, 11) is 0. The van der Waals surface area contributed by atoms with Gasteiger partial charge in [-0.25, -0.2) is 4.98 Å². The Kier molecular flexibility index (Phi) is 4.56. The number of anilines is 2. The van der Waals surface area contributed by atoms with E-state index in [0.29, 0.717) is 18.7 Å². The molecule has 0 radical (unpaired) electrons. The number of benzene rings is 1. The van der Waals surface area contributed by atoms with Crippen molar-refractivity contribution in [1.82, 2.24) is 9.88 Å². The predicted octanol–water partition coefficient (Wildman–Crippen LogP) is 2.34. The van der Waals surface area contributed by atoms with Gasteiger partial charge in [-0.15, -0.1) is 0 Å². The van der Waals surface area contributed by atoms with E-state index in [4.69, 9.17) is 0 Å². The Balaban J connectivity index is 1.48. The summed E-state index contributed by atoms with van der Waals surface area (Å²) in [5.41, 5.74) is 2.82. The average molecular weight is 364 g/mol. The van der Waals surface area contributed by atoms with Crippen LogP contribution in [0.25, 0.3) is 0 Å². The van der Waals surface area contributed by atoms with E-state index < -0.39 is 0 Å². The zero-order chi connectivity index (χ0) is 19.0. The highest BCUT2D eigenvalue weighted by molar-refractivity contribution is 6.07. The number of pyridine rings is 1. The Morgan fingerprint density at radius 2 is 1.78 bits per heavy atom. The Bertz CT molecular complexity index is 857. The van der Waals surface area contributed by atoms with Crippen molar-refractivity contribution in [2.45, 2.75) is 26.3 Å². The number of hydrogen-bond acceptors (Lipinski definition) is 4. The van der Waals surface area contributed by atoms with Gasteiger partial charge in [0.25, 0.3) is 5.91 Å². The molecule has 0 aliphatic carbocycles. The molecule has 0 N–H and O–H groups in total. The topological polar surface area (TPSA) is 56.8 Å². The van der Waals surface area contributed by atoms with E-state index in [1.807, 2.05) is 40.1 Å². The lowest BCUT2D eigenvalue weighted by Crippen LogP contribution is -2.48. The molecule has 0 bridgehead atoms. The highest BCUT2D eigenvalue weighted by atomic mass is 16.2. The summed E-state index contributed by atoms with van der Waals surface area (Å²) < 4.78 is 0. The summed E-state index contributed by atoms with van der Waals surface area (Å²) in [6.45, 7) is 6.62. The maximum atomic E-state index is 13.1. The number of piperazine rings is 1. The van der Waals surface area contributed by atoms with Gasteiger partial charge < -0.3 is 14.7 Å². The van der Waals surface area contributed by atoms with Gasteiger partial charge in [0.05, 0.1) is 5.56 Å². The van der Waals surface area contributed by atoms with Gasteiger partial charge in [-0.05, 0) is 37.1 Å². The van der Waals surface area contributed by atoms with Crippen LogP contribution in [0.1, 0.15) is 29.8 Å². The molecule has 2 amide bonds. The van der Waals surface area contributed by atoms with Crippen LogP contribution in [0.2, 0.25) is 0 Å². The normalized spacial score (nSPS) is 19.2. The second-order valence-electron chi connectivity index (χ2n) is 7.26. The van der Waals surface area contributed by atoms with Crippen LogP contribution in [-0.4, -0.2) is 53.9 Å². The van der Waals surface area contributed by atoms with Crippen molar-refractivity contribution in [2.24, 2.45) is 0 Å². The smallest absolute Gasteiger partial charge is 0.260 e. The number of fused-ring (bicyclic) bond motifs is 1. The number of aromatic nitrogens is 1. The highest BCUT2D eigenvalue weighted by Crippen LogP contribution is 2.33. The van der Waals surface area contributed by atoms with E-state index in [9.17, 15) is 9.59 Å². The summed E-state index contributed by atoms with van der Waals surface area (Å²) in [5, 5.41) is 0. The minimum Gasteiger partial charge on any atom is -0.353 e. The Morgan fingerprint density at radius 1 is 1.04 bits per heavy atom. The molecule has 2 aromatic rings. The molecule has 6 heteroatoms. The SMILES string of the molecule is CC(=O)N1CCN(c2ccc(C(=O)N3c4ccccc4CC3C)cn2)CC1. The molecule has 1 saturated heterocycles. The van der Waals surface area contributed by atoms with Gasteiger partial charge in [-0.1, -0.05) is 18.2 Å². The van der Waals surface area contributed by atoms with Crippen LogP contribution >= 0.6 is 0 Å². The number of carbonyl (C=O) groups is 2. The number of nitrogens with zero attached hydrogens (tertiary/aromatic N) is 4. The molecule has 0 saturated carbocycles. The average Bonchev–Trinajstić information content (AvgIpc) is 3.03. The largest absolute Gasteiger partial charge is 0.353 e. The molecule has 2 aliphatic heterocycles. The molecule has 1 aromatic heterocycles. The van der Waals surface area contributed by atoms with Crippen molar-refractivity contribution in [3.8, 4) is 0 Å². The predicted molar refractivity (Wildman–Crippen MR) is 105 cm³/mol. The molecule has 1 atom stereocenters. The minimum atomic E-state index is -0.00658. The standard InChI is InChI=1S/C21H24N4O2/c1-15-13-17-5-3-4-6-19(17)25(15)21(27)18-7-8-20(22-14-18)24-11-9-23(10-12-24)16(2)26/h3-8,14-15H,9-13H2,1-2H3. The van der Waals surface area contributed by atoms with Gasteiger partial charge in [-0.3, -0.25) is 9.59 Å². The Labute approximate surface area is 159 Å². The monoisotopic (exact) mass is 364 g/mol. The van der Waals surface area contributed by atoms with Crippen LogP contribution in [0.4, 0.5) is 11.5 Å². The maximum Gasteiger partial charge on any atom is 0.260 e. The molecule has 1 aromatic carbocycles. The van der Waals surface area contributed by atoms with Gasteiger partial charge in [0, 0.05) is 51.0 Å². The van der Waals surface area contributed by atoms with E-state index in [-0.39, 0.29) is 17.9 Å². The highest BCUT2D eigenvalue weighted by Gasteiger charge is 2.31. The zero-order valence-electron chi connectivity index (χ0n) is 15.8. The van der Waals surface area contributed by atoms with E-state index in [1.54, 1.807) is 13.1 Å². The molecular formula is C21H24N4O2. The van der Waals surface area contributed by atoms with Crippen LogP contribution in [0.5, 0.6) is 0 Å². The van der Waals surface area contributed by atoms with Crippen molar-refractivity contribution < 1.29 is 9.59 Å². The van der Waals surface area contributed by atoms with Crippen LogP contribution in [-0.2, 0) is 11.2 Å². The number of para-hydroxylation sites is 1. The van der Waals surface area contributed by atoms with Crippen molar-refractivity contribution in [1.29, 1.82) is 0 Å². The summed E-state index contributed by atoms with van der Waals surface area (Å²) in [6.07, 6.45) is 2.55. The van der Waals surface area contributed by atoms with E-state index in [1.165, 1.54) is 5.56 Å². The van der Waals surface area contributed by atoms with Crippen molar-refractivity contribution in [3.63, 3.8) is 0 Å². The van der Waals surface area contributed by atoms with Crippen molar-refractivity contribution in [2.75, 3.05) is 36.0 Å². The van der Waals surface area contributed by atoms with Gasteiger partial charge in [0.2, 0.25) is 5.91 Å². The zero-order valence-corrected chi connectivity index (χ0v) is 15.8. The number of amides is 2. The van der Waals surface area contributed by atoms with Crippen molar-refractivity contribution >= 4 is 23.3 Å². The van der Waals surface area contributed by atoms with E-state index in [0.717, 1.165) is 31.0 Å². The fourth-order valence-corrected chi connectivity index (χ4v) is 3.96. The summed E-state index contributed by atoms with van der Waals surface area (Å²) in [5.74, 6) is 0.959. The first-order chi connectivity index (χ1) is 13.0. The second-order valence-corrected chi connectivity index (χ2v) is 7.26. The fourth-order valence-electron chi connectivity index (χ4n) is 3.96. The molecule has 1 unspecified atom stereocenters. The molecule has 2 aliphatic rings. The molecule has 27 heavy (non-hydrogen) atoms. The third-order valence-corrected chi connectivity index (χ3v) is 5.47. The van der Waals surface area contributed by atoms with Crippen LogP contribution in [0.3, 0.4) is 0 Å². The number of carbonyl (C=O) groups excluding carboxylic acids is 2. The maximum absolute atomic E-state index is 13.1. The number of rotatable bonds is 2. The third-order valence-electron chi connectivity index (χ3n) is 5.47. The summed E-state index contributed by atoms with van der Waals surface area (Å²) in [6, 6.07) is 12.0. The number of hydrogen-bond donors (Lipinski definition) is 0.